The van der Waals surface area contributed by atoms with Gasteiger partial charge in [-0.1, -0.05) is 12.1 Å². The predicted octanol–water partition coefficient (Wildman–Crippen LogP) is 1.37. The van der Waals surface area contributed by atoms with Gasteiger partial charge in [-0.3, -0.25) is 4.79 Å². The zero-order chi connectivity index (χ0) is 14.8. The van der Waals surface area contributed by atoms with Crippen LogP contribution in [0.4, 0.5) is 14.5 Å². The first-order valence-corrected chi connectivity index (χ1v) is 7.60. The summed E-state index contributed by atoms with van der Waals surface area (Å²) < 4.78 is 48.1. The molecule has 1 amide bonds. The van der Waals surface area contributed by atoms with Gasteiger partial charge in [0.15, 0.2) is 0 Å². The van der Waals surface area contributed by atoms with Crippen molar-refractivity contribution in [3.05, 3.63) is 24.3 Å². The largest absolute Gasteiger partial charge is 0.341 e. The van der Waals surface area contributed by atoms with E-state index in [0.29, 0.717) is 6.04 Å². The van der Waals surface area contributed by atoms with Crippen molar-refractivity contribution < 1.29 is 22.0 Å². The number of rotatable bonds is 6. The molecule has 0 bridgehead atoms. The third kappa shape index (κ3) is 3.51. The molecule has 2 N–H and O–H groups in total. The maximum Gasteiger partial charge on any atom is 0.341 e. The quantitative estimate of drug-likeness (QED) is 0.832. The van der Waals surface area contributed by atoms with Gasteiger partial charge in [0.25, 0.3) is 0 Å². The molecule has 8 heteroatoms. The van der Waals surface area contributed by atoms with Crippen LogP contribution < -0.4 is 10.6 Å². The maximum absolute atomic E-state index is 12.6. The summed E-state index contributed by atoms with van der Waals surface area (Å²) in [4.78, 5) is 11.1. The van der Waals surface area contributed by atoms with Crippen molar-refractivity contribution in [1.29, 1.82) is 0 Å². The number of nitrogens with one attached hydrogen (secondary N) is 2. The van der Waals surface area contributed by atoms with Crippen LogP contribution in [0.2, 0.25) is 0 Å². The van der Waals surface area contributed by atoms with E-state index < -0.39 is 26.4 Å². The topological polar surface area (TPSA) is 75.3 Å². The van der Waals surface area contributed by atoms with E-state index in [1.54, 1.807) is 0 Å². The number of amides is 1. The molecule has 1 fully saturated rings. The highest BCUT2D eigenvalue weighted by Crippen LogP contribution is 2.26. The predicted molar refractivity (Wildman–Crippen MR) is 69.3 cm³/mol. The summed E-state index contributed by atoms with van der Waals surface area (Å²) in [5.41, 5.74) is -0.129. The average Bonchev–Trinajstić information content (AvgIpc) is 3.20. The van der Waals surface area contributed by atoms with E-state index in [2.05, 4.69) is 10.6 Å². The number of hydrogen-bond acceptors (Lipinski definition) is 4. The number of sulfone groups is 1. The van der Waals surface area contributed by atoms with Crippen LogP contribution in [-0.4, -0.2) is 32.7 Å². The Morgan fingerprint density at radius 3 is 2.55 bits per heavy atom. The minimum absolute atomic E-state index is 0.0216. The lowest BCUT2D eigenvalue weighted by atomic mass is 10.3. The van der Waals surface area contributed by atoms with Crippen molar-refractivity contribution in [2.24, 2.45) is 0 Å². The number of benzene rings is 1. The lowest BCUT2D eigenvalue weighted by Gasteiger charge is -2.11. The summed E-state index contributed by atoms with van der Waals surface area (Å²) >= 11 is 0. The van der Waals surface area contributed by atoms with Crippen LogP contribution in [-0.2, 0) is 14.6 Å². The summed E-state index contributed by atoms with van der Waals surface area (Å²) in [5.74, 6) is -3.99. The number of anilines is 1. The van der Waals surface area contributed by atoms with E-state index in [-0.39, 0.29) is 12.2 Å². The van der Waals surface area contributed by atoms with E-state index >= 15 is 0 Å². The number of carbonyl (C=O) groups excluding carboxylic acids is 1. The van der Waals surface area contributed by atoms with Crippen molar-refractivity contribution in [1.82, 2.24) is 5.32 Å². The summed E-state index contributed by atoms with van der Waals surface area (Å²) in [7, 11) is -4.74. The molecule has 0 spiro atoms. The highest BCUT2D eigenvalue weighted by atomic mass is 32.2. The monoisotopic (exact) mass is 304 g/mol. The second kappa shape index (κ2) is 5.84. The molecule has 5 nitrogen and oxygen atoms in total. The molecule has 1 aliphatic rings. The second-order valence-corrected chi connectivity index (χ2v) is 6.39. The third-order valence-electron chi connectivity index (χ3n) is 2.83. The first-order valence-electron chi connectivity index (χ1n) is 6.05. The SMILES string of the molecule is O=C(CNC1CC1)Nc1ccccc1S(=O)(=O)C(F)F. The average molecular weight is 304 g/mol. The minimum Gasteiger partial charge on any atom is -0.324 e. The molecule has 1 saturated carbocycles. The summed E-state index contributed by atoms with van der Waals surface area (Å²) in [6, 6.07) is 5.44. The standard InChI is InChI=1S/C12H14F2N2O3S/c13-12(14)20(18,19)10-4-2-1-3-9(10)16-11(17)7-15-8-5-6-8/h1-4,8,12,15H,5-7H2,(H,16,17). The number of alkyl halides is 2. The molecule has 1 aliphatic carbocycles. The van der Waals surface area contributed by atoms with Crippen molar-refractivity contribution in [2.45, 2.75) is 29.5 Å². The van der Waals surface area contributed by atoms with Gasteiger partial charge in [0.1, 0.15) is 0 Å². The first kappa shape index (κ1) is 14.9. The zero-order valence-corrected chi connectivity index (χ0v) is 11.3. The normalized spacial score (nSPS) is 15.3. The Morgan fingerprint density at radius 1 is 1.30 bits per heavy atom. The summed E-state index contributed by atoms with van der Waals surface area (Å²) in [6.45, 7) is 0.0216. The first-order chi connectivity index (χ1) is 9.41. The van der Waals surface area contributed by atoms with Crippen LogP contribution in [0.1, 0.15) is 12.8 Å². The van der Waals surface area contributed by atoms with Gasteiger partial charge in [-0.05, 0) is 25.0 Å². The molecule has 0 atom stereocenters. The van der Waals surface area contributed by atoms with Crippen LogP contribution in [0.25, 0.3) is 0 Å². The van der Waals surface area contributed by atoms with Gasteiger partial charge in [-0.25, -0.2) is 8.42 Å². The maximum atomic E-state index is 12.6. The van der Waals surface area contributed by atoms with Gasteiger partial charge in [0, 0.05) is 6.04 Å². The highest BCUT2D eigenvalue weighted by molar-refractivity contribution is 7.91. The van der Waals surface area contributed by atoms with Gasteiger partial charge in [-0.15, -0.1) is 0 Å². The van der Waals surface area contributed by atoms with E-state index in [1.165, 1.54) is 18.2 Å². The second-order valence-electron chi connectivity index (χ2n) is 4.51. The molecule has 1 aromatic rings. The molecular weight excluding hydrogens is 290 g/mol. The van der Waals surface area contributed by atoms with Crippen LogP contribution in [0, 0.1) is 0 Å². The van der Waals surface area contributed by atoms with E-state index in [9.17, 15) is 22.0 Å². The van der Waals surface area contributed by atoms with Crippen LogP contribution in [0.5, 0.6) is 0 Å². The van der Waals surface area contributed by atoms with Crippen molar-refractivity contribution in [3.8, 4) is 0 Å². The molecular formula is C12H14F2N2O3S. The lowest BCUT2D eigenvalue weighted by Crippen LogP contribution is -2.30. The Morgan fingerprint density at radius 2 is 1.95 bits per heavy atom. The molecule has 0 heterocycles. The Labute approximate surface area is 115 Å². The molecule has 0 radical (unpaired) electrons. The van der Waals surface area contributed by atoms with Crippen molar-refractivity contribution in [2.75, 3.05) is 11.9 Å². The van der Waals surface area contributed by atoms with E-state index in [4.69, 9.17) is 0 Å². The van der Waals surface area contributed by atoms with Crippen LogP contribution >= 0.6 is 0 Å². The van der Waals surface area contributed by atoms with Gasteiger partial charge in [-0.2, -0.15) is 8.78 Å². The van der Waals surface area contributed by atoms with Crippen LogP contribution in [0.15, 0.2) is 29.2 Å². The Bertz CT molecular complexity index is 600. The molecule has 110 valence electrons. The van der Waals surface area contributed by atoms with Gasteiger partial charge in [0.05, 0.1) is 17.1 Å². The fourth-order valence-electron chi connectivity index (χ4n) is 1.63. The summed E-state index contributed by atoms with van der Waals surface area (Å²) in [6.07, 6.45) is 2.01. The summed E-state index contributed by atoms with van der Waals surface area (Å²) in [5, 5.41) is 5.29. The van der Waals surface area contributed by atoms with Gasteiger partial charge >= 0.3 is 5.76 Å². The van der Waals surface area contributed by atoms with Gasteiger partial charge in [0.2, 0.25) is 15.7 Å². The Hall–Kier alpha value is -1.54. The third-order valence-corrected chi connectivity index (χ3v) is 4.27. The van der Waals surface area contributed by atoms with E-state index in [1.807, 2.05) is 0 Å². The molecule has 0 unspecified atom stereocenters. The molecule has 0 aliphatic heterocycles. The Balaban J connectivity index is 2.13. The fraction of sp³-hybridized carbons (Fsp3) is 0.417. The van der Waals surface area contributed by atoms with Crippen molar-refractivity contribution in [3.63, 3.8) is 0 Å². The molecule has 0 saturated heterocycles. The number of halogens is 2. The van der Waals surface area contributed by atoms with Gasteiger partial charge < -0.3 is 10.6 Å². The highest BCUT2D eigenvalue weighted by Gasteiger charge is 2.29. The smallest absolute Gasteiger partial charge is 0.324 e. The molecule has 1 aromatic carbocycles. The number of carbonyl (C=O) groups is 1. The Kier molecular flexibility index (Phi) is 4.34. The fourth-order valence-corrected chi connectivity index (χ4v) is 2.52. The van der Waals surface area contributed by atoms with E-state index in [0.717, 1.165) is 18.9 Å². The minimum atomic E-state index is -4.74. The van der Waals surface area contributed by atoms with Crippen molar-refractivity contribution >= 4 is 21.4 Å². The molecule has 20 heavy (non-hydrogen) atoms. The molecule has 0 aromatic heterocycles. The number of para-hydroxylation sites is 1. The zero-order valence-electron chi connectivity index (χ0n) is 10.5. The van der Waals surface area contributed by atoms with Crippen LogP contribution in [0.3, 0.4) is 0 Å². The number of hydrogen-bond donors (Lipinski definition) is 2. The molecule has 2 rings (SSSR count). The lowest BCUT2D eigenvalue weighted by molar-refractivity contribution is -0.115.